The van der Waals surface area contributed by atoms with Crippen molar-refractivity contribution >= 4 is 11.6 Å². The standard InChI is InChI=1S/C12H15ClN4/c1-2-14-7-12-15-9-17(16-12)8-10-5-3-4-6-11(10)13/h3-6,9,14H,2,7-8H2,1H3. The largest absolute Gasteiger partial charge is 0.310 e. The second-order valence-electron chi connectivity index (χ2n) is 3.73. The molecule has 0 fully saturated rings. The third-order valence-corrected chi connectivity index (χ3v) is 2.78. The lowest BCUT2D eigenvalue weighted by molar-refractivity contribution is 0.643. The molecule has 0 bridgehead atoms. The van der Waals surface area contributed by atoms with Gasteiger partial charge in [-0.15, -0.1) is 0 Å². The number of rotatable bonds is 5. The fourth-order valence-corrected chi connectivity index (χ4v) is 1.72. The first-order valence-corrected chi connectivity index (χ1v) is 6.00. The van der Waals surface area contributed by atoms with E-state index in [1.165, 1.54) is 0 Å². The Hall–Kier alpha value is -1.39. The van der Waals surface area contributed by atoms with Gasteiger partial charge in [-0.05, 0) is 18.2 Å². The maximum absolute atomic E-state index is 6.09. The molecule has 1 N–H and O–H groups in total. The molecule has 0 aliphatic carbocycles. The van der Waals surface area contributed by atoms with E-state index in [1.807, 2.05) is 24.3 Å². The van der Waals surface area contributed by atoms with E-state index in [9.17, 15) is 0 Å². The molecule has 1 heterocycles. The molecule has 2 aromatic rings. The fourth-order valence-electron chi connectivity index (χ4n) is 1.53. The summed E-state index contributed by atoms with van der Waals surface area (Å²) < 4.78 is 1.80. The van der Waals surface area contributed by atoms with E-state index in [4.69, 9.17) is 11.6 Å². The number of halogens is 1. The normalized spacial score (nSPS) is 10.7. The summed E-state index contributed by atoms with van der Waals surface area (Å²) in [5.41, 5.74) is 1.05. The number of nitrogens with one attached hydrogen (secondary N) is 1. The van der Waals surface area contributed by atoms with E-state index in [0.29, 0.717) is 13.1 Å². The quantitative estimate of drug-likeness (QED) is 0.884. The minimum absolute atomic E-state index is 0.652. The van der Waals surface area contributed by atoms with E-state index in [-0.39, 0.29) is 0 Å². The van der Waals surface area contributed by atoms with Crippen LogP contribution >= 0.6 is 11.6 Å². The van der Waals surface area contributed by atoms with Crippen molar-refractivity contribution in [2.75, 3.05) is 6.54 Å². The first-order valence-electron chi connectivity index (χ1n) is 5.62. The Morgan fingerprint density at radius 2 is 2.18 bits per heavy atom. The fraction of sp³-hybridized carbons (Fsp3) is 0.333. The zero-order valence-corrected chi connectivity index (χ0v) is 10.5. The van der Waals surface area contributed by atoms with Crippen LogP contribution in [0.2, 0.25) is 5.02 Å². The van der Waals surface area contributed by atoms with Crippen molar-refractivity contribution in [3.8, 4) is 0 Å². The molecule has 0 radical (unpaired) electrons. The van der Waals surface area contributed by atoms with Crippen LogP contribution in [0.3, 0.4) is 0 Å². The molecule has 0 aliphatic rings. The summed E-state index contributed by atoms with van der Waals surface area (Å²) in [5.74, 6) is 0.805. The Kier molecular flexibility index (Phi) is 4.12. The zero-order chi connectivity index (χ0) is 12.1. The van der Waals surface area contributed by atoms with Crippen LogP contribution in [0.15, 0.2) is 30.6 Å². The molecule has 1 aromatic heterocycles. The van der Waals surface area contributed by atoms with E-state index in [2.05, 4.69) is 22.3 Å². The molecule has 2 rings (SSSR count). The minimum atomic E-state index is 0.652. The average molecular weight is 251 g/mol. The van der Waals surface area contributed by atoms with Crippen molar-refractivity contribution in [3.05, 3.63) is 47.0 Å². The van der Waals surface area contributed by atoms with Crippen molar-refractivity contribution in [2.24, 2.45) is 0 Å². The van der Waals surface area contributed by atoms with Crippen molar-refractivity contribution in [2.45, 2.75) is 20.0 Å². The molecule has 90 valence electrons. The number of hydrogen-bond donors (Lipinski definition) is 1. The van der Waals surface area contributed by atoms with Crippen LogP contribution in [0.25, 0.3) is 0 Å². The molecule has 0 saturated carbocycles. The predicted molar refractivity (Wildman–Crippen MR) is 68.0 cm³/mol. The summed E-state index contributed by atoms with van der Waals surface area (Å²) in [7, 11) is 0. The second kappa shape index (κ2) is 5.80. The lowest BCUT2D eigenvalue weighted by Gasteiger charge is -2.03. The van der Waals surface area contributed by atoms with Crippen molar-refractivity contribution in [1.29, 1.82) is 0 Å². The highest BCUT2D eigenvalue weighted by Gasteiger charge is 2.03. The van der Waals surface area contributed by atoms with Gasteiger partial charge in [0.15, 0.2) is 5.82 Å². The van der Waals surface area contributed by atoms with Gasteiger partial charge in [-0.3, -0.25) is 0 Å². The molecule has 17 heavy (non-hydrogen) atoms. The van der Waals surface area contributed by atoms with Crippen LogP contribution in [-0.2, 0) is 13.1 Å². The Morgan fingerprint density at radius 3 is 2.94 bits per heavy atom. The smallest absolute Gasteiger partial charge is 0.164 e. The Morgan fingerprint density at radius 1 is 1.35 bits per heavy atom. The van der Waals surface area contributed by atoms with Crippen LogP contribution in [0.5, 0.6) is 0 Å². The second-order valence-corrected chi connectivity index (χ2v) is 4.14. The summed E-state index contributed by atoms with van der Waals surface area (Å²) >= 11 is 6.09. The number of benzene rings is 1. The third-order valence-electron chi connectivity index (χ3n) is 2.41. The molecule has 1 aromatic carbocycles. The first-order chi connectivity index (χ1) is 8.29. The molecule has 0 aliphatic heterocycles. The van der Waals surface area contributed by atoms with E-state index < -0.39 is 0 Å². The van der Waals surface area contributed by atoms with Crippen molar-refractivity contribution in [1.82, 2.24) is 20.1 Å². The van der Waals surface area contributed by atoms with Crippen LogP contribution in [0.4, 0.5) is 0 Å². The maximum atomic E-state index is 6.09. The highest BCUT2D eigenvalue weighted by Crippen LogP contribution is 2.15. The van der Waals surface area contributed by atoms with Crippen LogP contribution < -0.4 is 5.32 Å². The van der Waals surface area contributed by atoms with Gasteiger partial charge in [-0.1, -0.05) is 36.7 Å². The molecule has 0 spiro atoms. The van der Waals surface area contributed by atoms with Gasteiger partial charge in [0.05, 0.1) is 13.1 Å². The molecule has 0 saturated heterocycles. The summed E-state index contributed by atoms with van der Waals surface area (Å²) in [5, 5.41) is 8.32. The van der Waals surface area contributed by atoms with Crippen LogP contribution in [0, 0.1) is 0 Å². The Balaban J connectivity index is 2.04. The van der Waals surface area contributed by atoms with Crippen molar-refractivity contribution in [3.63, 3.8) is 0 Å². The average Bonchev–Trinajstić information content (AvgIpc) is 2.77. The minimum Gasteiger partial charge on any atom is -0.310 e. The number of aromatic nitrogens is 3. The predicted octanol–water partition coefficient (Wildman–Crippen LogP) is 2.09. The molecule has 0 amide bonds. The molecular formula is C12H15ClN4. The van der Waals surface area contributed by atoms with Gasteiger partial charge >= 0.3 is 0 Å². The maximum Gasteiger partial charge on any atom is 0.164 e. The lowest BCUT2D eigenvalue weighted by atomic mass is 10.2. The van der Waals surface area contributed by atoms with Gasteiger partial charge in [-0.25, -0.2) is 9.67 Å². The van der Waals surface area contributed by atoms with E-state index in [1.54, 1.807) is 11.0 Å². The number of nitrogens with zero attached hydrogens (tertiary/aromatic N) is 3. The highest BCUT2D eigenvalue weighted by atomic mass is 35.5. The van der Waals surface area contributed by atoms with Gasteiger partial charge in [0.1, 0.15) is 6.33 Å². The molecule has 5 heteroatoms. The van der Waals surface area contributed by atoms with Gasteiger partial charge < -0.3 is 5.32 Å². The Labute approximate surface area is 106 Å². The summed E-state index contributed by atoms with van der Waals surface area (Å²) in [6.07, 6.45) is 1.73. The molecule has 0 unspecified atom stereocenters. The van der Waals surface area contributed by atoms with Gasteiger partial charge in [-0.2, -0.15) is 5.10 Å². The summed E-state index contributed by atoms with van der Waals surface area (Å²) in [4.78, 5) is 4.23. The monoisotopic (exact) mass is 250 g/mol. The molecule has 4 nitrogen and oxygen atoms in total. The van der Waals surface area contributed by atoms with Gasteiger partial charge in [0.2, 0.25) is 0 Å². The van der Waals surface area contributed by atoms with Crippen LogP contribution in [0.1, 0.15) is 18.3 Å². The molecule has 0 atom stereocenters. The summed E-state index contributed by atoms with van der Waals surface area (Å²) in [6, 6.07) is 7.77. The number of hydrogen-bond acceptors (Lipinski definition) is 3. The Bertz CT molecular complexity index is 481. The highest BCUT2D eigenvalue weighted by molar-refractivity contribution is 6.31. The first kappa shape index (κ1) is 12.1. The molecular weight excluding hydrogens is 236 g/mol. The van der Waals surface area contributed by atoms with Crippen LogP contribution in [-0.4, -0.2) is 21.3 Å². The van der Waals surface area contributed by atoms with E-state index >= 15 is 0 Å². The lowest BCUT2D eigenvalue weighted by Crippen LogP contribution is -2.13. The zero-order valence-electron chi connectivity index (χ0n) is 9.73. The van der Waals surface area contributed by atoms with Gasteiger partial charge in [0, 0.05) is 5.02 Å². The topological polar surface area (TPSA) is 42.7 Å². The van der Waals surface area contributed by atoms with Crippen molar-refractivity contribution < 1.29 is 0 Å². The van der Waals surface area contributed by atoms with E-state index in [0.717, 1.165) is 23.0 Å². The SMILES string of the molecule is CCNCc1ncn(Cc2ccccc2Cl)n1. The third kappa shape index (κ3) is 3.28. The summed E-state index contributed by atoms with van der Waals surface area (Å²) in [6.45, 7) is 4.32. The van der Waals surface area contributed by atoms with Gasteiger partial charge in [0.25, 0.3) is 0 Å².